The number of rotatable bonds is 5. The van der Waals surface area contributed by atoms with E-state index in [1.54, 1.807) is 11.7 Å². The summed E-state index contributed by atoms with van der Waals surface area (Å²) in [5.41, 5.74) is 3.18. The van der Waals surface area contributed by atoms with Gasteiger partial charge in [0.05, 0.1) is 5.39 Å². The van der Waals surface area contributed by atoms with Crippen LogP contribution in [0.15, 0.2) is 4.79 Å². The summed E-state index contributed by atoms with van der Waals surface area (Å²) in [5, 5.41) is 9.68. The molecule has 0 atom stereocenters. The van der Waals surface area contributed by atoms with Gasteiger partial charge in [0.2, 0.25) is 5.91 Å². The van der Waals surface area contributed by atoms with Gasteiger partial charge in [-0.3, -0.25) is 19.4 Å². The normalized spacial score (nSPS) is 15.6. The summed E-state index contributed by atoms with van der Waals surface area (Å²) in [6.45, 7) is 6.37. The van der Waals surface area contributed by atoms with Gasteiger partial charge in [-0.15, -0.1) is 0 Å². The van der Waals surface area contributed by atoms with Gasteiger partial charge in [-0.1, -0.05) is 0 Å². The molecule has 0 unspecified atom stereocenters. The van der Waals surface area contributed by atoms with Crippen LogP contribution in [0.2, 0.25) is 0 Å². The zero-order chi connectivity index (χ0) is 18.0. The molecule has 25 heavy (non-hydrogen) atoms. The van der Waals surface area contributed by atoms with Crippen LogP contribution in [0.25, 0.3) is 11.0 Å². The number of pyridine rings is 1. The summed E-state index contributed by atoms with van der Waals surface area (Å²) in [7, 11) is 1.78. The van der Waals surface area contributed by atoms with Crippen molar-refractivity contribution in [3.05, 3.63) is 27.2 Å². The molecule has 3 N–H and O–H groups in total. The van der Waals surface area contributed by atoms with Crippen molar-refractivity contribution in [3.63, 3.8) is 0 Å². The number of hydrogen-bond acceptors (Lipinski definition) is 4. The Labute approximate surface area is 147 Å². The molecule has 0 radical (unpaired) electrons. The number of H-pyrrole nitrogens is 1. The second kappa shape index (κ2) is 7.39. The Morgan fingerprint density at radius 3 is 2.76 bits per heavy atom. The van der Waals surface area contributed by atoms with Crippen LogP contribution in [0.5, 0.6) is 0 Å². The fraction of sp³-hybridized carbons (Fsp3) is 0.611. The lowest BCUT2D eigenvalue weighted by atomic mass is 9.93. The van der Waals surface area contributed by atoms with Gasteiger partial charge in [0.25, 0.3) is 5.56 Å². The Hall–Kier alpha value is -2.15. The van der Waals surface area contributed by atoms with Crippen molar-refractivity contribution in [1.29, 1.82) is 0 Å². The lowest BCUT2D eigenvalue weighted by molar-refractivity contribution is -0.121. The maximum Gasteiger partial charge on any atom is 0.273 e. The van der Waals surface area contributed by atoms with E-state index in [9.17, 15) is 9.59 Å². The molecular formula is C18H27N5O2. The quantitative estimate of drug-likeness (QED) is 0.761. The lowest BCUT2D eigenvalue weighted by Gasteiger charge is -2.22. The molecule has 3 rings (SSSR count). The minimum Gasteiger partial charge on any atom is -0.352 e. The van der Waals surface area contributed by atoms with Crippen LogP contribution in [0.4, 0.5) is 0 Å². The Morgan fingerprint density at radius 2 is 2.04 bits per heavy atom. The number of aromatic nitrogens is 3. The highest BCUT2D eigenvalue weighted by molar-refractivity contribution is 5.80. The van der Waals surface area contributed by atoms with Crippen LogP contribution in [0, 0.1) is 19.8 Å². The molecule has 0 spiro atoms. The van der Waals surface area contributed by atoms with Crippen molar-refractivity contribution in [2.24, 2.45) is 13.0 Å². The molecular weight excluding hydrogens is 318 g/mol. The molecule has 0 aliphatic carbocycles. The summed E-state index contributed by atoms with van der Waals surface area (Å²) < 4.78 is 1.64. The third-order valence-corrected chi connectivity index (χ3v) is 5.28. The molecule has 0 saturated carbocycles. The van der Waals surface area contributed by atoms with Crippen molar-refractivity contribution in [3.8, 4) is 0 Å². The SMILES string of the molecule is Cc1nc2c(c(C)c1CNC(=O)CCC1CCNCC1)c(=O)[nH]n2C. The number of nitrogens with one attached hydrogen (secondary N) is 3. The molecule has 136 valence electrons. The predicted octanol–water partition coefficient (Wildman–Crippen LogP) is 1.27. The fourth-order valence-electron chi connectivity index (χ4n) is 3.69. The number of amides is 1. The first-order valence-electron chi connectivity index (χ1n) is 8.99. The summed E-state index contributed by atoms with van der Waals surface area (Å²) >= 11 is 0. The molecule has 1 aliphatic heterocycles. The minimum absolute atomic E-state index is 0.0689. The third-order valence-electron chi connectivity index (χ3n) is 5.28. The molecule has 3 heterocycles. The van der Waals surface area contributed by atoms with Crippen LogP contribution in [0.3, 0.4) is 0 Å². The van der Waals surface area contributed by atoms with Crippen molar-refractivity contribution in [1.82, 2.24) is 25.4 Å². The van der Waals surface area contributed by atoms with Gasteiger partial charge in [0.15, 0.2) is 5.65 Å². The number of fused-ring (bicyclic) bond motifs is 1. The number of carbonyl (C=O) groups is 1. The van der Waals surface area contributed by atoms with Crippen molar-refractivity contribution in [2.45, 2.75) is 46.1 Å². The highest BCUT2D eigenvalue weighted by Crippen LogP contribution is 2.20. The monoisotopic (exact) mass is 345 g/mol. The van der Waals surface area contributed by atoms with E-state index >= 15 is 0 Å². The third kappa shape index (κ3) is 3.76. The smallest absolute Gasteiger partial charge is 0.273 e. The Bertz CT molecular complexity index is 830. The molecule has 2 aromatic rings. The van der Waals surface area contributed by atoms with Crippen LogP contribution in [-0.2, 0) is 18.4 Å². The summed E-state index contributed by atoms with van der Waals surface area (Å²) in [4.78, 5) is 28.8. The standard InChI is InChI=1S/C18H27N5O2/c1-11-14(12(2)21-17-16(11)18(25)22-23(17)3)10-20-15(24)5-4-13-6-8-19-9-7-13/h13,19H,4-10H2,1-3H3,(H,20,24)(H,22,25). The van der Waals surface area contributed by atoms with E-state index < -0.39 is 0 Å². The summed E-state index contributed by atoms with van der Waals surface area (Å²) in [6.07, 6.45) is 3.82. The first-order chi connectivity index (χ1) is 12.0. The van der Waals surface area contributed by atoms with Gasteiger partial charge >= 0.3 is 0 Å². The zero-order valence-corrected chi connectivity index (χ0v) is 15.2. The van der Waals surface area contributed by atoms with Crippen LogP contribution in [0.1, 0.15) is 42.5 Å². The van der Waals surface area contributed by atoms with E-state index in [-0.39, 0.29) is 11.5 Å². The number of carbonyl (C=O) groups excluding carboxylic acids is 1. The summed E-state index contributed by atoms with van der Waals surface area (Å²) in [6, 6.07) is 0. The van der Waals surface area contributed by atoms with Gasteiger partial charge in [-0.05, 0) is 63.2 Å². The first-order valence-corrected chi connectivity index (χ1v) is 8.99. The number of aromatic amines is 1. The Morgan fingerprint density at radius 1 is 1.32 bits per heavy atom. The largest absolute Gasteiger partial charge is 0.352 e. The lowest BCUT2D eigenvalue weighted by Crippen LogP contribution is -2.29. The number of piperidine rings is 1. The number of nitrogens with zero attached hydrogens (tertiary/aromatic N) is 2. The average Bonchev–Trinajstić information content (AvgIpc) is 2.87. The molecule has 1 fully saturated rings. The van der Waals surface area contributed by atoms with E-state index in [1.165, 1.54) is 0 Å². The number of hydrogen-bond donors (Lipinski definition) is 3. The van der Waals surface area contributed by atoms with E-state index in [2.05, 4.69) is 20.7 Å². The van der Waals surface area contributed by atoms with Gasteiger partial charge in [-0.25, -0.2) is 4.98 Å². The van der Waals surface area contributed by atoms with Crippen LogP contribution >= 0.6 is 0 Å². The number of aryl methyl sites for hydroxylation is 3. The van der Waals surface area contributed by atoms with Gasteiger partial charge < -0.3 is 10.6 Å². The second-order valence-corrected chi connectivity index (χ2v) is 7.01. The average molecular weight is 345 g/mol. The summed E-state index contributed by atoms with van der Waals surface area (Å²) in [5.74, 6) is 0.718. The van der Waals surface area contributed by atoms with Gasteiger partial charge in [0, 0.05) is 25.7 Å². The highest BCUT2D eigenvalue weighted by atomic mass is 16.1. The zero-order valence-electron chi connectivity index (χ0n) is 15.2. The van der Waals surface area contributed by atoms with Crippen molar-refractivity contribution < 1.29 is 4.79 Å². The fourth-order valence-corrected chi connectivity index (χ4v) is 3.69. The van der Waals surface area contributed by atoms with E-state index in [0.29, 0.717) is 29.9 Å². The second-order valence-electron chi connectivity index (χ2n) is 7.01. The maximum atomic E-state index is 12.2. The molecule has 1 amide bonds. The van der Waals surface area contributed by atoms with E-state index in [4.69, 9.17) is 0 Å². The van der Waals surface area contributed by atoms with Crippen molar-refractivity contribution in [2.75, 3.05) is 13.1 Å². The Kier molecular flexibility index (Phi) is 5.22. The minimum atomic E-state index is -0.138. The molecule has 0 bridgehead atoms. The molecule has 1 aliphatic rings. The topological polar surface area (TPSA) is 91.8 Å². The van der Waals surface area contributed by atoms with Crippen molar-refractivity contribution >= 4 is 16.9 Å². The van der Waals surface area contributed by atoms with Gasteiger partial charge in [0.1, 0.15) is 0 Å². The van der Waals surface area contributed by atoms with E-state index in [0.717, 1.165) is 49.2 Å². The Balaban J connectivity index is 1.65. The molecule has 7 heteroatoms. The first kappa shape index (κ1) is 17.7. The van der Waals surface area contributed by atoms with Gasteiger partial charge in [-0.2, -0.15) is 0 Å². The highest BCUT2D eigenvalue weighted by Gasteiger charge is 2.17. The maximum absolute atomic E-state index is 12.2. The van der Waals surface area contributed by atoms with Crippen LogP contribution in [-0.4, -0.2) is 33.8 Å². The molecule has 2 aromatic heterocycles. The van der Waals surface area contributed by atoms with E-state index in [1.807, 2.05) is 13.8 Å². The van der Waals surface area contributed by atoms with Crippen LogP contribution < -0.4 is 16.2 Å². The molecule has 1 saturated heterocycles. The molecule has 7 nitrogen and oxygen atoms in total. The molecule has 0 aromatic carbocycles. The predicted molar refractivity (Wildman–Crippen MR) is 97.5 cm³/mol.